The molecule has 0 fully saturated rings. The predicted molar refractivity (Wildman–Crippen MR) is 63.3 cm³/mol. The average Bonchev–Trinajstić information content (AvgIpc) is 2.27. The molecule has 1 unspecified atom stereocenters. The van der Waals surface area contributed by atoms with Crippen LogP contribution in [-0.2, 0) is 11.1 Å². The van der Waals surface area contributed by atoms with Gasteiger partial charge in [0, 0.05) is 5.69 Å². The minimum absolute atomic E-state index is 0.0425. The molecule has 0 spiro atoms. The number of halogens is 1. The molecule has 1 aromatic carbocycles. The molecular weight excluding hydrogens is 259 g/mol. The third-order valence-corrected chi connectivity index (χ3v) is 2.67. The van der Waals surface area contributed by atoms with Crippen LogP contribution in [0.1, 0.15) is 5.82 Å². The molecule has 0 saturated heterocycles. The first-order chi connectivity index (χ1) is 8.54. The average molecular weight is 268 g/mol. The molecule has 8 heteroatoms. The number of hydrogen-bond acceptors (Lipinski definition) is 5. The fraction of sp³-hybridized carbons (Fsp3) is 0.100. The Kier molecular flexibility index (Phi) is 3.58. The van der Waals surface area contributed by atoms with Crippen LogP contribution in [0.25, 0.3) is 0 Å². The van der Waals surface area contributed by atoms with Crippen molar-refractivity contribution in [2.75, 3.05) is 5.32 Å². The molecule has 0 aliphatic heterocycles. The molecule has 2 aromatic rings. The molecule has 0 bridgehead atoms. The first-order valence-corrected chi connectivity index (χ1v) is 6.01. The highest BCUT2D eigenvalue weighted by Crippen LogP contribution is 2.16. The van der Waals surface area contributed by atoms with Gasteiger partial charge in [0.05, 0.1) is 4.90 Å². The number of aryl methyl sites for hydroxylation is 1. The molecule has 0 aliphatic carbocycles. The summed E-state index contributed by atoms with van der Waals surface area (Å²) in [7, 11) is 0. The Morgan fingerprint density at radius 2 is 2.11 bits per heavy atom. The maximum absolute atomic E-state index is 12.9. The fourth-order valence-corrected chi connectivity index (χ4v) is 1.74. The van der Waals surface area contributed by atoms with E-state index in [9.17, 15) is 8.60 Å². The van der Waals surface area contributed by atoms with Crippen molar-refractivity contribution in [3.63, 3.8) is 0 Å². The van der Waals surface area contributed by atoms with Gasteiger partial charge in [-0.1, -0.05) is 6.07 Å². The third-order valence-electron chi connectivity index (χ3n) is 2.01. The van der Waals surface area contributed by atoms with Crippen molar-refractivity contribution in [1.29, 1.82) is 0 Å². The van der Waals surface area contributed by atoms with Gasteiger partial charge in [-0.2, -0.15) is 19.3 Å². The summed E-state index contributed by atoms with van der Waals surface area (Å²) in [6, 6.07) is 6.19. The molecule has 6 nitrogen and oxygen atoms in total. The Labute approximate surface area is 105 Å². The summed E-state index contributed by atoms with van der Waals surface area (Å²) in [4.78, 5) is 11.0. The monoisotopic (exact) mass is 268 g/mol. The van der Waals surface area contributed by atoms with Gasteiger partial charge in [0.1, 0.15) is 5.82 Å². The van der Waals surface area contributed by atoms with Crippen molar-refractivity contribution in [2.45, 2.75) is 11.8 Å². The highest BCUT2D eigenvalue weighted by Gasteiger charge is 2.05. The maximum Gasteiger partial charge on any atom is 0.313 e. The summed E-state index contributed by atoms with van der Waals surface area (Å²) in [5.74, 6) is 0.285. The Hall–Kier alpha value is -1.93. The Bertz CT molecular complexity index is 588. The van der Waals surface area contributed by atoms with Crippen LogP contribution in [0.15, 0.2) is 29.2 Å². The van der Waals surface area contributed by atoms with Crippen LogP contribution in [-0.4, -0.2) is 23.7 Å². The molecule has 1 heterocycles. The minimum Gasteiger partial charge on any atom is -0.324 e. The molecule has 1 atom stereocenters. The highest BCUT2D eigenvalue weighted by molar-refractivity contribution is 7.79. The van der Waals surface area contributed by atoms with E-state index in [2.05, 4.69) is 20.3 Å². The summed E-state index contributed by atoms with van der Waals surface area (Å²) in [6.45, 7) is 1.54. The maximum atomic E-state index is 12.9. The van der Waals surface area contributed by atoms with E-state index in [0.29, 0.717) is 5.69 Å². The predicted octanol–water partition coefficient (Wildman–Crippen LogP) is 1.64. The van der Waals surface area contributed by atoms with Gasteiger partial charge < -0.3 is 9.87 Å². The second-order valence-electron chi connectivity index (χ2n) is 3.38. The van der Waals surface area contributed by atoms with Crippen molar-refractivity contribution < 1.29 is 13.2 Å². The number of nitrogens with zero attached hydrogens (tertiary/aromatic N) is 3. The van der Waals surface area contributed by atoms with E-state index in [-0.39, 0.29) is 16.7 Å². The number of hydrogen-bond donors (Lipinski definition) is 2. The molecule has 1 aromatic heterocycles. The van der Waals surface area contributed by atoms with Crippen molar-refractivity contribution in [2.24, 2.45) is 0 Å². The van der Waals surface area contributed by atoms with E-state index in [1.807, 2.05) is 0 Å². The summed E-state index contributed by atoms with van der Waals surface area (Å²) in [5, 5.41) is 2.73. The molecule has 0 saturated carbocycles. The zero-order valence-electron chi connectivity index (χ0n) is 9.29. The Balaban J connectivity index is 2.28. The lowest BCUT2D eigenvalue weighted by Gasteiger charge is -2.05. The van der Waals surface area contributed by atoms with E-state index in [0.717, 1.165) is 0 Å². The van der Waals surface area contributed by atoms with Crippen molar-refractivity contribution in [3.05, 3.63) is 36.2 Å². The van der Waals surface area contributed by atoms with Gasteiger partial charge in [-0.25, -0.2) is 4.21 Å². The van der Waals surface area contributed by atoms with Crippen LogP contribution < -0.4 is 5.32 Å². The molecule has 0 aliphatic rings. The number of nitrogens with one attached hydrogen (secondary N) is 1. The zero-order valence-corrected chi connectivity index (χ0v) is 10.1. The Morgan fingerprint density at radius 1 is 1.33 bits per heavy atom. The van der Waals surface area contributed by atoms with E-state index in [1.54, 1.807) is 12.1 Å². The van der Waals surface area contributed by atoms with Gasteiger partial charge in [-0.05, 0) is 25.1 Å². The van der Waals surface area contributed by atoms with Gasteiger partial charge in [-0.15, -0.1) is 0 Å². The number of anilines is 2. The van der Waals surface area contributed by atoms with Crippen molar-refractivity contribution in [3.8, 4) is 0 Å². The summed E-state index contributed by atoms with van der Waals surface area (Å²) >= 11 is -2.07. The van der Waals surface area contributed by atoms with Gasteiger partial charge in [0.25, 0.3) is 0 Å². The highest BCUT2D eigenvalue weighted by atomic mass is 32.2. The van der Waals surface area contributed by atoms with Gasteiger partial charge in [0.15, 0.2) is 11.1 Å². The normalized spacial score (nSPS) is 12.2. The molecular formula is C10H9FN4O2S. The van der Waals surface area contributed by atoms with Crippen molar-refractivity contribution in [1.82, 2.24) is 15.0 Å². The second-order valence-corrected chi connectivity index (χ2v) is 4.35. The number of rotatable bonds is 3. The lowest BCUT2D eigenvalue weighted by Crippen LogP contribution is -2.03. The molecule has 2 N–H and O–H groups in total. The van der Waals surface area contributed by atoms with E-state index in [4.69, 9.17) is 4.55 Å². The van der Waals surface area contributed by atoms with E-state index in [1.165, 1.54) is 19.1 Å². The molecule has 0 amide bonds. The van der Waals surface area contributed by atoms with Crippen LogP contribution in [0.4, 0.5) is 16.0 Å². The van der Waals surface area contributed by atoms with E-state index >= 15 is 0 Å². The number of aromatic nitrogens is 3. The first kappa shape index (κ1) is 12.5. The second kappa shape index (κ2) is 5.15. The van der Waals surface area contributed by atoms with Crippen LogP contribution in [0.2, 0.25) is 0 Å². The lowest BCUT2D eigenvalue weighted by atomic mass is 10.3. The Morgan fingerprint density at radius 3 is 2.78 bits per heavy atom. The molecule has 94 valence electrons. The smallest absolute Gasteiger partial charge is 0.313 e. The summed E-state index contributed by atoms with van der Waals surface area (Å²) < 4.78 is 32.8. The third kappa shape index (κ3) is 3.05. The SMILES string of the molecule is Cc1nc(F)nc(Nc2cccc(S(=O)O)c2)n1. The summed E-state index contributed by atoms with van der Waals surface area (Å²) in [5.41, 5.74) is 0.486. The quantitative estimate of drug-likeness (QED) is 0.823. The topological polar surface area (TPSA) is 88.0 Å². The van der Waals surface area contributed by atoms with Gasteiger partial charge >= 0.3 is 6.08 Å². The molecule has 0 radical (unpaired) electrons. The van der Waals surface area contributed by atoms with Crippen molar-refractivity contribution >= 4 is 22.7 Å². The van der Waals surface area contributed by atoms with Crippen LogP contribution in [0.3, 0.4) is 0 Å². The minimum atomic E-state index is -2.07. The van der Waals surface area contributed by atoms with Crippen LogP contribution in [0, 0.1) is 13.0 Å². The lowest BCUT2D eigenvalue weighted by molar-refractivity contribution is 0.529. The van der Waals surface area contributed by atoms with Crippen LogP contribution >= 0.6 is 0 Å². The largest absolute Gasteiger partial charge is 0.324 e. The van der Waals surface area contributed by atoms with Gasteiger partial charge in [-0.3, -0.25) is 0 Å². The fourth-order valence-electron chi connectivity index (χ4n) is 1.32. The number of benzene rings is 1. The molecule has 18 heavy (non-hydrogen) atoms. The van der Waals surface area contributed by atoms with Gasteiger partial charge in [0.2, 0.25) is 5.95 Å². The zero-order chi connectivity index (χ0) is 13.1. The summed E-state index contributed by atoms with van der Waals surface area (Å²) in [6.07, 6.45) is -0.883. The first-order valence-electron chi connectivity index (χ1n) is 4.91. The van der Waals surface area contributed by atoms with E-state index < -0.39 is 17.2 Å². The molecule has 2 rings (SSSR count). The standard InChI is InChI=1S/C10H9FN4O2S/c1-6-12-9(11)15-10(13-6)14-7-3-2-4-8(5-7)18(16)17/h2-5H,1H3,(H,16,17)(H,12,13,14,15). The van der Waals surface area contributed by atoms with Crippen LogP contribution in [0.5, 0.6) is 0 Å².